The van der Waals surface area contributed by atoms with Gasteiger partial charge in [-0.05, 0) is 0 Å². The van der Waals surface area contributed by atoms with Gasteiger partial charge in [-0.15, -0.1) is 0 Å². The van der Waals surface area contributed by atoms with Crippen LogP contribution in [0.4, 0.5) is 0 Å². The summed E-state index contributed by atoms with van der Waals surface area (Å²) in [4.78, 5) is 18.3. The van der Waals surface area contributed by atoms with Crippen LogP contribution in [-0.4, -0.2) is 37.4 Å². The highest BCUT2D eigenvalue weighted by Gasteiger charge is 2.12. The molecule has 17 heavy (non-hydrogen) atoms. The minimum atomic E-state index is -1.05. The molecule has 2 aromatic heterocycles. The van der Waals surface area contributed by atoms with Gasteiger partial charge < -0.3 is 18.9 Å². The first-order valence-corrected chi connectivity index (χ1v) is 4.76. The summed E-state index contributed by atoms with van der Waals surface area (Å²) in [5.41, 5.74) is 0. The molecule has 0 radical (unpaired) electrons. The van der Waals surface area contributed by atoms with Gasteiger partial charge in [0.05, 0.1) is 0 Å². The van der Waals surface area contributed by atoms with E-state index in [-0.39, 0.29) is 12.5 Å². The van der Waals surface area contributed by atoms with Crippen molar-refractivity contribution in [2.24, 2.45) is 7.05 Å². The predicted octanol–water partition coefficient (Wildman–Crippen LogP) is 0.0713. The van der Waals surface area contributed by atoms with Crippen LogP contribution in [0, 0.1) is 0 Å². The maximum absolute atomic E-state index is 10.2. The molecule has 0 fully saturated rings. The van der Waals surface area contributed by atoms with Gasteiger partial charge in [-0.2, -0.15) is 4.98 Å². The highest BCUT2D eigenvalue weighted by atomic mass is 16.5. The maximum Gasteiger partial charge on any atom is 0.329 e. The number of ether oxygens (including phenoxy) is 1. The Morgan fingerprint density at radius 1 is 1.65 bits per heavy atom. The predicted molar refractivity (Wildman–Crippen MR) is 53.8 cm³/mol. The SMILES string of the molecule is Cn1ccnc1-c1noc(COCC(=O)O)n1. The van der Waals surface area contributed by atoms with Crippen LogP contribution in [-0.2, 0) is 23.2 Å². The second-order valence-electron chi connectivity index (χ2n) is 3.26. The van der Waals surface area contributed by atoms with Crippen LogP contribution in [0.2, 0.25) is 0 Å². The lowest BCUT2D eigenvalue weighted by molar-refractivity contribution is -0.142. The Morgan fingerprint density at radius 2 is 2.47 bits per heavy atom. The highest BCUT2D eigenvalue weighted by molar-refractivity contribution is 5.67. The average molecular weight is 238 g/mol. The Bertz CT molecular complexity index is 519. The number of rotatable bonds is 5. The van der Waals surface area contributed by atoms with Crippen LogP contribution in [0.3, 0.4) is 0 Å². The van der Waals surface area contributed by atoms with Crippen molar-refractivity contribution in [1.82, 2.24) is 19.7 Å². The van der Waals surface area contributed by atoms with Gasteiger partial charge in [0.15, 0.2) is 5.82 Å². The molecule has 0 spiro atoms. The van der Waals surface area contributed by atoms with Crippen LogP contribution >= 0.6 is 0 Å². The van der Waals surface area contributed by atoms with Crippen molar-refractivity contribution < 1.29 is 19.2 Å². The van der Waals surface area contributed by atoms with Crippen LogP contribution in [0.25, 0.3) is 11.6 Å². The second kappa shape index (κ2) is 4.74. The van der Waals surface area contributed by atoms with E-state index in [1.165, 1.54) is 0 Å². The molecule has 0 saturated carbocycles. The summed E-state index contributed by atoms with van der Waals surface area (Å²) in [7, 11) is 1.80. The molecule has 90 valence electrons. The molecule has 0 aromatic carbocycles. The van der Waals surface area contributed by atoms with E-state index < -0.39 is 12.6 Å². The van der Waals surface area contributed by atoms with Crippen LogP contribution < -0.4 is 0 Å². The van der Waals surface area contributed by atoms with Gasteiger partial charge in [0.25, 0.3) is 5.89 Å². The second-order valence-corrected chi connectivity index (χ2v) is 3.26. The van der Waals surface area contributed by atoms with Crippen molar-refractivity contribution in [1.29, 1.82) is 0 Å². The molecule has 2 rings (SSSR count). The Kier molecular flexibility index (Phi) is 3.15. The normalized spacial score (nSPS) is 10.6. The van der Waals surface area contributed by atoms with Gasteiger partial charge in [0.1, 0.15) is 13.2 Å². The summed E-state index contributed by atoms with van der Waals surface area (Å²) in [6.07, 6.45) is 3.37. The van der Waals surface area contributed by atoms with Crippen molar-refractivity contribution in [3.05, 3.63) is 18.3 Å². The largest absolute Gasteiger partial charge is 0.480 e. The van der Waals surface area contributed by atoms with Crippen molar-refractivity contribution in [2.45, 2.75) is 6.61 Å². The Labute approximate surface area is 95.8 Å². The van der Waals surface area contributed by atoms with Crippen LogP contribution in [0.1, 0.15) is 5.89 Å². The molecule has 2 aromatic rings. The molecule has 0 saturated heterocycles. The summed E-state index contributed by atoms with van der Waals surface area (Å²) in [6, 6.07) is 0. The molecule has 0 unspecified atom stereocenters. The number of hydrogen-bond donors (Lipinski definition) is 1. The van der Waals surface area contributed by atoms with Gasteiger partial charge in [-0.25, -0.2) is 9.78 Å². The molecule has 8 nitrogen and oxygen atoms in total. The van der Waals surface area contributed by atoms with Crippen molar-refractivity contribution in [3.63, 3.8) is 0 Å². The molecule has 0 amide bonds. The van der Waals surface area contributed by atoms with E-state index in [4.69, 9.17) is 14.4 Å². The lowest BCUT2D eigenvalue weighted by atomic mass is 10.5. The molecule has 0 aliphatic carbocycles. The molecular weight excluding hydrogens is 228 g/mol. The summed E-state index contributed by atoms with van der Waals surface area (Å²) in [5, 5.41) is 12.1. The minimum Gasteiger partial charge on any atom is -0.480 e. The first kappa shape index (κ1) is 11.3. The lowest BCUT2D eigenvalue weighted by Gasteiger charge is -1.94. The third-order valence-electron chi connectivity index (χ3n) is 1.94. The third-order valence-corrected chi connectivity index (χ3v) is 1.94. The standard InChI is InChI=1S/C9H10N4O4/c1-13-3-2-10-9(13)8-11-6(17-12-8)4-16-5-7(14)15/h2-3H,4-5H2,1H3,(H,14,15). The molecule has 2 heterocycles. The number of aliphatic carboxylic acids is 1. The molecule has 0 aliphatic rings. The van der Waals surface area contributed by atoms with Gasteiger partial charge >= 0.3 is 5.97 Å². The Hall–Kier alpha value is -2.22. The zero-order valence-corrected chi connectivity index (χ0v) is 9.03. The van der Waals surface area contributed by atoms with Crippen molar-refractivity contribution >= 4 is 5.97 Å². The third kappa shape index (κ3) is 2.67. The van der Waals surface area contributed by atoms with Gasteiger partial charge in [0.2, 0.25) is 5.82 Å². The summed E-state index contributed by atoms with van der Waals surface area (Å²) in [6.45, 7) is -0.441. The fourth-order valence-corrected chi connectivity index (χ4v) is 1.21. The van der Waals surface area contributed by atoms with E-state index in [0.717, 1.165) is 0 Å². The van der Waals surface area contributed by atoms with E-state index in [1.807, 2.05) is 0 Å². The Balaban J connectivity index is 2.01. The molecule has 8 heteroatoms. The quantitative estimate of drug-likeness (QED) is 0.786. The first-order valence-electron chi connectivity index (χ1n) is 4.76. The van der Waals surface area contributed by atoms with Crippen molar-refractivity contribution in [3.8, 4) is 11.6 Å². The van der Waals surface area contributed by atoms with E-state index in [9.17, 15) is 4.79 Å². The monoisotopic (exact) mass is 238 g/mol. The number of aryl methyl sites for hydroxylation is 1. The smallest absolute Gasteiger partial charge is 0.329 e. The lowest BCUT2D eigenvalue weighted by Crippen LogP contribution is -2.06. The summed E-state index contributed by atoms with van der Waals surface area (Å²) >= 11 is 0. The van der Waals surface area contributed by atoms with Gasteiger partial charge in [-0.3, -0.25) is 0 Å². The average Bonchev–Trinajstić information content (AvgIpc) is 2.86. The topological polar surface area (TPSA) is 103 Å². The summed E-state index contributed by atoms with van der Waals surface area (Å²) in [5.74, 6) is 0.0720. The van der Waals surface area contributed by atoms with Gasteiger partial charge in [0, 0.05) is 19.4 Å². The highest BCUT2D eigenvalue weighted by Crippen LogP contribution is 2.12. The molecule has 1 N–H and O–H groups in total. The maximum atomic E-state index is 10.2. The Morgan fingerprint density at radius 3 is 3.12 bits per heavy atom. The fraction of sp³-hybridized carbons (Fsp3) is 0.333. The number of hydrogen-bond acceptors (Lipinski definition) is 6. The number of nitrogens with zero attached hydrogens (tertiary/aromatic N) is 4. The molecule has 0 aliphatic heterocycles. The van der Waals surface area contributed by atoms with E-state index >= 15 is 0 Å². The molecular formula is C9H10N4O4. The summed E-state index contributed by atoms with van der Waals surface area (Å²) < 4.78 is 11.5. The van der Waals surface area contributed by atoms with E-state index in [2.05, 4.69) is 15.1 Å². The van der Waals surface area contributed by atoms with Crippen LogP contribution in [0.15, 0.2) is 16.9 Å². The zero-order chi connectivity index (χ0) is 12.3. The number of imidazole rings is 1. The number of carbonyl (C=O) groups is 1. The van der Waals surface area contributed by atoms with Crippen molar-refractivity contribution in [2.75, 3.05) is 6.61 Å². The first-order chi connectivity index (χ1) is 8.16. The zero-order valence-electron chi connectivity index (χ0n) is 9.03. The van der Waals surface area contributed by atoms with Crippen LogP contribution in [0.5, 0.6) is 0 Å². The molecule has 0 atom stereocenters. The van der Waals surface area contributed by atoms with E-state index in [0.29, 0.717) is 11.6 Å². The van der Waals surface area contributed by atoms with Gasteiger partial charge in [-0.1, -0.05) is 5.16 Å². The number of aromatic nitrogens is 4. The molecule has 0 bridgehead atoms. The number of carboxylic acid groups (broad SMARTS) is 1. The van der Waals surface area contributed by atoms with E-state index in [1.54, 1.807) is 24.0 Å². The minimum absolute atomic E-state index is 0.0380. The number of carboxylic acids is 1. The fourth-order valence-electron chi connectivity index (χ4n) is 1.21.